The molecule has 4 rings (SSSR count). The summed E-state index contributed by atoms with van der Waals surface area (Å²) < 4.78 is 0. The van der Waals surface area contributed by atoms with Crippen LogP contribution in [0.1, 0.15) is 48.8 Å². The van der Waals surface area contributed by atoms with Crippen LogP contribution in [0.3, 0.4) is 0 Å². The van der Waals surface area contributed by atoms with Crippen LogP contribution in [0.25, 0.3) is 11.0 Å². The van der Waals surface area contributed by atoms with Gasteiger partial charge in [0.05, 0.1) is 29.3 Å². The number of hydrogen-bond donors (Lipinski definition) is 2. The maximum absolute atomic E-state index is 6.08. The minimum atomic E-state index is 0.332. The van der Waals surface area contributed by atoms with Crippen LogP contribution in [-0.4, -0.2) is 40.8 Å². The van der Waals surface area contributed by atoms with Crippen LogP contribution >= 0.6 is 0 Å². The Labute approximate surface area is 161 Å². The number of nitrogens with zero attached hydrogens (tertiary/aromatic N) is 3. The van der Waals surface area contributed by atoms with E-state index in [1.54, 1.807) is 0 Å². The van der Waals surface area contributed by atoms with Gasteiger partial charge in [0.15, 0.2) is 0 Å². The van der Waals surface area contributed by atoms with E-state index in [2.05, 4.69) is 16.0 Å². The van der Waals surface area contributed by atoms with Crippen molar-refractivity contribution in [1.29, 1.82) is 0 Å². The summed E-state index contributed by atoms with van der Waals surface area (Å²) in [4.78, 5) is 15.4. The minimum Gasteiger partial charge on any atom is -0.341 e. The first kappa shape index (κ1) is 18.2. The van der Waals surface area contributed by atoms with E-state index in [1.165, 1.54) is 17.7 Å². The standard InChI is InChI=1S/C21H26BN5/c22-16-8-4-9-17-21(16)26-19(25-17)14-27(13-2-1-11-23)18-10-3-6-15-7-5-12-24-20(15)18/h4-5,7-9,12,18H,1-3,6,10-11,13-14,23H2,(H,25,26)/t18-/m0/s1. The monoisotopic (exact) mass is 359 g/mol. The molecule has 0 spiro atoms. The lowest BCUT2D eigenvalue weighted by atomic mass is 9.90. The second-order valence-electron chi connectivity index (χ2n) is 7.35. The van der Waals surface area contributed by atoms with Crippen molar-refractivity contribution in [1.82, 2.24) is 19.9 Å². The highest BCUT2D eigenvalue weighted by molar-refractivity contribution is 6.38. The van der Waals surface area contributed by atoms with E-state index >= 15 is 0 Å². The quantitative estimate of drug-likeness (QED) is 0.502. The van der Waals surface area contributed by atoms with Crippen molar-refractivity contribution in [2.45, 2.75) is 44.7 Å². The molecule has 1 aliphatic rings. The first-order chi connectivity index (χ1) is 13.3. The van der Waals surface area contributed by atoms with Crippen LogP contribution in [-0.2, 0) is 13.0 Å². The predicted molar refractivity (Wildman–Crippen MR) is 110 cm³/mol. The number of rotatable bonds is 7. The fraction of sp³-hybridized carbons (Fsp3) is 0.429. The lowest BCUT2D eigenvalue weighted by Crippen LogP contribution is -2.33. The molecular weight excluding hydrogens is 333 g/mol. The Balaban J connectivity index is 1.62. The highest BCUT2D eigenvalue weighted by Crippen LogP contribution is 2.33. The zero-order valence-corrected chi connectivity index (χ0v) is 15.7. The normalized spacial score (nSPS) is 16.7. The number of aromatic nitrogens is 3. The topological polar surface area (TPSA) is 70.8 Å². The summed E-state index contributed by atoms with van der Waals surface area (Å²) in [7, 11) is 6.08. The van der Waals surface area contributed by atoms with Crippen molar-refractivity contribution in [3.63, 3.8) is 0 Å². The summed E-state index contributed by atoms with van der Waals surface area (Å²) >= 11 is 0. The fourth-order valence-electron chi connectivity index (χ4n) is 4.12. The van der Waals surface area contributed by atoms with E-state index < -0.39 is 0 Å². The van der Waals surface area contributed by atoms with Gasteiger partial charge < -0.3 is 10.7 Å². The first-order valence-electron chi connectivity index (χ1n) is 9.87. The van der Waals surface area contributed by atoms with Crippen LogP contribution in [0.4, 0.5) is 0 Å². The van der Waals surface area contributed by atoms with Crippen molar-refractivity contribution in [3.8, 4) is 0 Å². The van der Waals surface area contributed by atoms with Gasteiger partial charge in [-0.3, -0.25) is 9.88 Å². The van der Waals surface area contributed by atoms with Gasteiger partial charge in [0.1, 0.15) is 13.7 Å². The number of nitrogens with one attached hydrogen (secondary N) is 1. The number of aryl methyl sites for hydroxylation is 1. The second-order valence-corrected chi connectivity index (χ2v) is 7.35. The molecule has 0 unspecified atom stereocenters. The van der Waals surface area contributed by atoms with Crippen LogP contribution in [0.2, 0.25) is 0 Å². The second kappa shape index (κ2) is 8.23. The lowest BCUT2D eigenvalue weighted by Gasteiger charge is -2.34. The molecule has 1 atom stereocenters. The van der Waals surface area contributed by atoms with E-state index in [9.17, 15) is 0 Å². The lowest BCUT2D eigenvalue weighted by molar-refractivity contribution is 0.159. The Bertz CT molecular complexity index is 906. The Morgan fingerprint density at radius 1 is 1.22 bits per heavy atom. The fourth-order valence-corrected chi connectivity index (χ4v) is 4.12. The van der Waals surface area contributed by atoms with Crippen molar-refractivity contribution < 1.29 is 0 Å². The smallest absolute Gasteiger partial charge is 0.121 e. The largest absolute Gasteiger partial charge is 0.341 e. The third-order valence-electron chi connectivity index (χ3n) is 5.45. The number of hydrogen-bond acceptors (Lipinski definition) is 4. The van der Waals surface area contributed by atoms with Gasteiger partial charge in [0.25, 0.3) is 0 Å². The van der Waals surface area contributed by atoms with Gasteiger partial charge in [-0.25, -0.2) is 4.98 Å². The number of nitrogens with two attached hydrogens (primary N) is 1. The molecule has 1 aromatic carbocycles. The van der Waals surface area contributed by atoms with E-state index in [4.69, 9.17) is 23.5 Å². The SMILES string of the molecule is [B]c1cccc2[nH]c(CN(CCCCN)[C@H]3CCCc4cccnc43)nc12. The van der Waals surface area contributed by atoms with E-state index in [1.807, 2.05) is 30.5 Å². The third-order valence-corrected chi connectivity index (χ3v) is 5.45. The van der Waals surface area contributed by atoms with E-state index in [0.717, 1.165) is 67.6 Å². The number of benzene rings is 1. The van der Waals surface area contributed by atoms with Crippen molar-refractivity contribution in [2.75, 3.05) is 13.1 Å². The van der Waals surface area contributed by atoms with Crippen molar-refractivity contribution >= 4 is 24.3 Å². The summed E-state index contributed by atoms with van der Waals surface area (Å²) in [5.74, 6) is 0.957. The number of fused-ring (bicyclic) bond motifs is 2. The van der Waals surface area contributed by atoms with Crippen LogP contribution in [0, 0.1) is 0 Å². The molecule has 0 aliphatic heterocycles. The highest BCUT2D eigenvalue weighted by atomic mass is 15.2. The molecule has 3 N–H and O–H groups in total. The number of imidazole rings is 1. The molecule has 0 bridgehead atoms. The van der Waals surface area contributed by atoms with Gasteiger partial charge >= 0.3 is 0 Å². The summed E-state index contributed by atoms with van der Waals surface area (Å²) in [5.41, 5.74) is 10.9. The molecule has 6 heteroatoms. The molecule has 0 amide bonds. The van der Waals surface area contributed by atoms with Crippen LogP contribution in [0.15, 0.2) is 36.5 Å². The summed E-state index contributed by atoms with van der Waals surface area (Å²) in [6, 6.07) is 10.5. The molecule has 27 heavy (non-hydrogen) atoms. The molecule has 0 saturated carbocycles. The number of pyridine rings is 1. The van der Waals surface area contributed by atoms with E-state index in [0.29, 0.717) is 6.04 Å². The van der Waals surface area contributed by atoms with Crippen LogP contribution < -0.4 is 11.2 Å². The predicted octanol–water partition coefficient (Wildman–Crippen LogP) is 2.37. The molecule has 138 valence electrons. The molecule has 0 fully saturated rings. The van der Waals surface area contributed by atoms with Gasteiger partial charge in [0.2, 0.25) is 0 Å². The number of H-pyrrole nitrogens is 1. The van der Waals surface area contributed by atoms with E-state index in [-0.39, 0.29) is 0 Å². The van der Waals surface area contributed by atoms with Gasteiger partial charge in [-0.05, 0) is 62.9 Å². The number of para-hydroxylation sites is 1. The highest BCUT2D eigenvalue weighted by Gasteiger charge is 2.27. The average Bonchev–Trinajstić information content (AvgIpc) is 3.11. The molecule has 0 saturated heterocycles. The first-order valence-corrected chi connectivity index (χ1v) is 9.87. The Morgan fingerprint density at radius 2 is 2.15 bits per heavy atom. The third kappa shape index (κ3) is 3.92. The molecule has 3 aromatic rings. The maximum atomic E-state index is 6.08. The Kier molecular flexibility index (Phi) is 5.55. The number of aromatic amines is 1. The summed E-state index contributed by atoms with van der Waals surface area (Å²) in [6.07, 6.45) is 7.48. The Hall–Kier alpha value is -2.18. The minimum absolute atomic E-state index is 0.332. The molecule has 2 aromatic heterocycles. The zero-order valence-electron chi connectivity index (χ0n) is 15.7. The molecule has 1 aliphatic carbocycles. The zero-order chi connectivity index (χ0) is 18.6. The molecule has 5 nitrogen and oxygen atoms in total. The molecule has 2 heterocycles. The molecular formula is C21H26BN5. The van der Waals surface area contributed by atoms with Gasteiger partial charge in [-0.1, -0.05) is 23.7 Å². The Morgan fingerprint density at radius 3 is 3.00 bits per heavy atom. The average molecular weight is 359 g/mol. The summed E-state index contributed by atoms with van der Waals surface area (Å²) in [6.45, 7) is 2.48. The van der Waals surface area contributed by atoms with Crippen molar-refractivity contribution in [2.24, 2.45) is 5.73 Å². The summed E-state index contributed by atoms with van der Waals surface area (Å²) in [5, 5.41) is 0. The van der Waals surface area contributed by atoms with Gasteiger partial charge in [-0.15, -0.1) is 0 Å². The molecule has 2 radical (unpaired) electrons. The van der Waals surface area contributed by atoms with Crippen molar-refractivity contribution in [3.05, 3.63) is 53.6 Å². The van der Waals surface area contributed by atoms with Gasteiger partial charge in [-0.2, -0.15) is 0 Å². The van der Waals surface area contributed by atoms with Crippen LogP contribution in [0.5, 0.6) is 0 Å². The number of unbranched alkanes of at least 4 members (excludes halogenated alkanes) is 1. The maximum Gasteiger partial charge on any atom is 0.121 e. The van der Waals surface area contributed by atoms with Gasteiger partial charge in [0, 0.05) is 6.20 Å².